The Morgan fingerprint density at radius 2 is 2.44 bits per heavy atom. The second-order valence-corrected chi connectivity index (χ2v) is 3.76. The Labute approximate surface area is 92.8 Å². The monoisotopic (exact) mass is 222 g/mol. The fraction of sp³-hybridized carbons (Fsp3) is 0.500. The van der Waals surface area contributed by atoms with Crippen molar-refractivity contribution < 1.29 is 9.42 Å². The molecule has 0 aliphatic heterocycles. The number of carbonyl (C=O) groups is 1. The van der Waals surface area contributed by atoms with E-state index in [4.69, 9.17) is 5.73 Å². The molecule has 1 aromatic heterocycles. The van der Waals surface area contributed by atoms with Crippen LogP contribution in [0, 0.1) is 0 Å². The van der Waals surface area contributed by atoms with Crippen molar-refractivity contribution in [2.75, 3.05) is 12.3 Å². The van der Waals surface area contributed by atoms with Gasteiger partial charge in [-0.2, -0.15) is 0 Å². The van der Waals surface area contributed by atoms with Gasteiger partial charge < -0.3 is 11.1 Å². The highest BCUT2D eigenvalue weighted by Crippen LogP contribution is 2.19. The normalized spacial score (nSPS) is 14.9. The molecule has 0 unspecified atom stereocenters. The van der Waals surface area contributed by atoms with Crippen LogP contribution in [0.25, 0.3) is 0 Å². The molecule has 1 aliphatic carbocycles. The molecule has 2 rings (SSSR count). The van der Waals surface area contributed by atoms with Gasteiger partial charge in [-0.25, -0.2) is 4.63 Å². The summed E-state index contributed by atoms with van der Waals surface area (Å²) < 4.78 is 4.35. The van der Waals surface area contributed by atoms with Gasteiger partial charge in [0.1, 0.15) is 0 Å². The largest absolute Gasteiger partial charge is 0.379 e. The summed E-state index contributed by atoms with van der Waals surface area (Å²) >= 11 is 0. The molecule has 86 valence electrons. The van der Waals surface area contributed by atoms with Gasteiger partial charge in [-0.3, -0.25) is 4.79 Å². The Kier molecular flexibility index (Phi) is 3.19. The Morgan fingerprint density at radius 1 is 1.56 bits per heavy atom. The maximum atomic E-state index is 11.5. The highest BCUT2D eigenvalue weighted by molar-refractivity contribution is 5.95. The van der Waals surface area contributed by atoms with Gasteiger partial charge in [0, 0.05) is 6.54 Å². The molecule has 0 saturated heterocycles. The summed E-state index contributed by atoms with van der Waals surface area (Å²) in [5, 5.41) is 9.50. The van der Waals surface area contributed by atoms with Crippen LogP contribution in [-0.4, -0.2) is 22.8 Å². The molecule has 0 fully saturated rings. The van der Waals surface area contributed by atoms with E-state index in [0.29, 0.717) is 6.54 Å². The van der Waals surface area contributed by atoms with E-state index in [1.54, 1.807) is 0 Å². The number of anilines is 1. The van der Waals surface area contributed by atoms with Gasteiger partial charge >= 0.3 is 0 Å². The van der Waals surface area contributed by atoms with Gasteiger partial charge in [-0.1, -0.05) is 11.6 Å². The number of aromatic nitrogens is 2. The smallest absolute Gasteiger partial charge is 0.277 e. The fourth-order valence-electron chi connectivity index (χ4n) is 1.74. The minimum Gasteiger partial charge on any atom is -0.379 e. The van der Waals surface area contributed by atoms with Crippen LogP contribution in [0.2, 0.25) is 0 Å². The SMILES string of the molecule is Nc1nonc1C(=O)NCCC1=CCCC1. The second kappa shape index (κ2) is 4.78. The lowest BCUT2D eigenvalue weighted by Gasteiger charge is -2.03. The predicted molar refractivity (Wildman–Crippen MR) is 57.6 cm³/mol. The summed E-state index contributed by atoms with van der Waals surface area (Å²) in [6.07, 6.45) is 6.64. The lowest BCUT2D eigenvalue weighted by molar-refractivity contribution is 0.0945. The summed E-state index contributed by atoms with van der Waals surface area (Å²) in [5.41, 5.74) is 6.86. The van der Waals surface area contributed by atoms with E-state index in [1.165, 1.54) is 12.0 Å². The average Bonchev–Trinajstić information content (AvgIpc) is 2.88. The molecule has 0 aromatic carbocycles. The highest BCUT2D eigenvalue weighted by Gasteiger charge is 2.15. The van der Waals surface area contributed by atoms with Gasteiger partial charge in [0.05, 0.1) is 0 Å². The molecule has 0 radical (unpaired) electrons. The van der Waals surface area contributed by atoms with E-state index in [9.17, 15) is 4.79 Å². The third-order valence-electron chi connectivity index (χ3n) is 2.60. The molecule has 0 bridgehead atoms. The lowest BCUT2D eigenvalue weighted by Crippen LogP contribution is -2.25. The zero-order valence-electron chi connectivity index (χ0n) is 8.90. The topological polar surface area (TPSA) is 94.0 Å². The van der Waals surface area contributed by atoms with Crippen molar-refractivity contribution in [3.8, 4) is 0 Å². The molecule has 0 atom stereocenters. The maximum absolute atomic E-state index is 11.5. The average molecular weight is 222 g/mol. The zero-order valence-corrected chi connectivity index (χ0v) is 8.90. The van der Waals surface area contributed by atoms with Crippen LogP contribution in [0.4, 0.5) is 5.82 Å². The predicted octanol–water partition coefficient (Wildman–Crippen LogP) is 0.882. The highest BCUT2D eigenvalue weighted by atomic mass is 16.6. The molecular weight excluding hydrogens is 208 g/mol. The van der Waals surface area contributed by atoms with Crippen LogP contribution in [0.3, 0.4) is 0 Å². The number of nitrogens with zero attached hydrogens (tertiary/aromatic N) is 2. The molecule has 1 amide bonds. The number of amides is 1. The second-order valence-electron chi connectivity index (χ2n) is 3.76. The number of carbonyl (C=O) groups excluding carboxylic acids is 1. The third-order valence-corrected chi connectivity index (χ3v) is 2.60. The van der Waals surface area contributed by atoms with Crippen LogP contribution in [0.5, 0.6) is 0 Å². The first-order valence-corrected chi connectivity index (χ1v) is 5.31. The van der Waals surface area contributed by atoms with Crippen LogP contribution in [-0.2, 0) is 0 Å². The minimum atomic E-state index is -0.336. The van der Waals surface area contributed by atoms with Crippen LogP contribution >= 0.6 is 0 Å². The maximum Gasteiger partial charge on any atom is 0.277 e. The molecule has 16 heavy (non-hydrogen) atoms. The number of nitrogen functional groups attached to an aromatic ring is 1. The van der Waals surface area contributed by atoms with Crippen molar-refractivity contribution >= 4 is 11.7 Å². The van der Waals surface area contributed by atoms with Crippen molar-refractivity contribution in [2.45, 2.75) is 25.7 Å². The molecule has 0 saturated carbocycles. The molecule has 6 heteroatoms. The molecule has 1 aromatic rings. The van der Waals surface area contributed by atoms with Gasteiger partial charge in [-0.15, -0.1) is 0 Å². The van der Waals surface area contributed by atoms with Gasteiger partial charge in [0.2, 0.25) is 11.5 Å². The van der Waals surface area contributed by atoms with Crippen LogP contribution in [0.1, 0.15) is 36.2 Å². The first-order valence-electron chi connectivity index (χ1n) is 5.31. The lowest BCUT2D eigenvalue weighted by atomic mass is 10.2. The van der Waals surface area contributed by atoms with Gasteiger partial charge in [0.15, 0.2) is 0 Å². The third kappa shape index (κ3) is 2.39. The van der Waals surface area contributed by atoms with Crippen LogP contribution in [0.15, 0.2) is 16.3 Å². The summed E-state index contributed by atoms with van der Waals surface area (Å²) in [7, 11) is 0. The fourth-order valence-corrected chi connectivity index (χ4v) is 1.74. The van der Waals surface area contributed by atoms with E-state index in [2.05, 4.69) is 26.3 Å². The number of nitrogens with two attached hydrogens (primary N) is 1. The Hall–Kier alpha value is -1.85. The Bertz CT molecular complexity index is 411. The summed E-state index contributed by atoms with van der Waals surface area (Å²) in [4.78, 5) is 11.5. The molecule has 3 N–H and O–H groups in total. The van der Waals surface area contributed by atoms with E-state index in [1.807, 2.05) is 0 Å². The Balaban J connectivity index is 1.78. The standard InChI is InChI=1S/C10H14N4O2/c11-9-8(13-16-14-9)10(15)12-6-5-7-3-1-2-4-7/h3H,1-2,4-6H2,(H2,11,14)(H,12,15). The minimum absolute atomic E-state index is 0.0255. The van der Waals surface area contributed by atoms with E-state index < -0.39 is 0 Å². The Morgan fingerprint density at radius 3 is 3.06 bits per heavy atom. The number of hydrogen-bond acceptors (Lipinski definition) is 5. The number of nitrogens with one attached hydrogen (secondary N) is 1. The van der Waals surface area contributed by atoms with Crippen LogP contribution < -0.4 is 11.1 Å². The van der Waals surface area contributed by atoms with Crippen molar-refractivity contribution in [3.05, 3.63) is 17.3 Å². The number of rotatable bonds is 4. The van der Waals surface area contributed by atoms with Crippen molar-refractivity contribution in [1.29, 1.82) is 0 Å². The molecule has 6 nitrogen and oxygen atoms in total. The molecule has 1 heterocycles. The summed E-state index contributed by atoms with van der Waals surface area (Å²) in [5.74, 6) is -0.310. The van der Waals surface area contributed by atoms with Crippen molar-refractivity contribution in [3.63, 3.8) is 0 Å². The first kappa shape index (κ1) is 10.7. The van der Waals surface area contributed by atoms with Crippen molar-refractivity contribution in [1.82, 2.24) is 15.6 Å². The number of allylic oxidation sites excluding steroid dienone is 1. The van der Waals surface area contributed by atoms with Crippen molar-refractivity contribution in [2.24, 2.45) is 0 Å². The van der Waals surface area contributed by atoms with E-state index >= 15 is 0 Å². The van der Waals surface area contributed by atoms with E-state index in [0.717, 1.165) is 19.3 Å². The quantitative estimate of drug-likeness (QED) is 0.737. The first-order chi connectivity index (χ1) is 7.77. The summed E-state index contributed by atoms with van der Waals surface area (Å²) in [6, 6.07) is 0. The molecular formula is C10H14N4O2. The zero-order chi connectivity index (χ0) is 11.4. The van der Waals surface area contributed by atoms with E-state index in [-0.39, 0.29) is 17.4 Å². The molecule has 0 spiro atoms. The van der Waals surface area contributed by atoms with Gasteiger partial charge in [0.25, 0.3) is 5.91 Å². The molecule has 1 aliphatic rings. The summed E-state index contributed by atoms with van der Waals surface area (Å²) in [6.45, 7) is 0.594. The van der Waals surface area contributed by atoms with Gasteiger partial charge in [-0.05, 0) is 36.0 Å². The number of hydrogen-bond donors (Lipinski definition) is 2.